The van der Waals surface area contributed by atoms with Gasteiger partial charge in [0.05, 0.1) is 18.3 Å². The number of carbonyl (C=O) groups is 1. The van der Waals surface area contributed by atoms with Crippen LogP contribution in [-0.4, -0.2) is 50.7 Å². The van der Waals surface area contributed by atoms with Crippen LogP contribution in [-0.2, 0) is 13.6 Å². The van der Waals surface area contributed by atoms with Crippen molar-refractivity contribution < 1.29 is 9.53 Å². The Kier molecular flexibility index (Phi) is 6.45. The third-order valence-corrected chi connectivity index (χ3v) is 9.53. The molecule has 2 aromatic heterocycles. The molecule has 2 unspecified atom stereocenters. The second-order valence-electron chi connectivity index (χ2n) is 12.9. The molecule has 0 spiro atoms. The van der Waals surface area contributed by atoms with Crippen LogP contribution >= 0.6 is 0 Å². The van der Waals surface area contributed by atoms with Gasteiger partial charge in [-0.1, -0.05) is 38.1 Å². The highest BCUT2D eigenvalue weighted by Crippen LogP contribution is 2.40. The molecule has 2 N–H and O–H groups in total. The Balaban J connectivity index is 1.31. The lowest BCUT2D eigenvalue weighted by atomic mass is 10.1. The van der Waals surface area contributed by atoms with Crippen molar-refractivity contribution in [3.8, 4) is 17.3 Å². The van der Waals surface area contributed by atoms with Crippen molar-refractivity contribution in [3.05, 3.63) is 53.6 Å². The molecule has 3 atom stereocenters. The zero-order valence-electron chi connectivity index (χ0n) is 24.6. The molecule has 0 radical (unpaired) electrons. The van der Waals surface area contributed by atoms with Gasteiger partial charge in [0.15, 0.2) is 5.82 Å². The van der Waals surface area contributed by atoms with E-state index in [1.54, 1.807) is 7.11 Å². The summed E-state index contributed by atoms with van der Waals surface area (Å²) in [5.41, 5.74) is 12.3. The molecule has 3 fully saturated rings. The van der Waals surface area contributed by atoms with Crippen molar-refractivity contribution in [1.82, 2.24) is 19.0 Å². The van der Waals surface area contributed by atoms with Gasteiger partial charge in [-0.05, 0) is 79.7 Å². The predicted molar refractivity (Wildman–Crippen MR) is 165 cm³/mol. The smallest absolute Gasteiger partial charge is 0.254 e. The van der Waals surface area contributed by atoms with E-state index in [0.717, 1.165) is 54.9 Å². The minimum absolute atomic E-state index is 0.0287. The Morgan fingerprint density at radius 2 is 1.98 bits per heavy atom. The van der Waals surface area contributed by atoms with Crippen LogP contribution in [0.15, 0.2) is 42.5 Å². The molecule has 2 bridgehead atoms. The molecule has 3 heterocycles. The fraction of sp³-hybridized carbons (Fsp3) is 0.471. The highest BCUT2D eigenvalue weighted by Gasteiger charge is 2.47. The number of nitrogens with zero attached hydrogens (tertiary/aromatic N) is 4. The summed E-state index contributed by atoms with van der Waals surface area (Å²) in [6.07, 6.45) is 10.2. The number of amides is 1. The number of hydrogen-bond donors (Lipinski definition) is 1. The first-order valence-corrected chi connectivity index (χ1v) is 15.2. The zero-order valence-corrected chi connectivity index (χ0v) is 24.6. The molecule has 1 amide bonds. The summed E-state index contributed by atoms with van der Waals surface area (Å²) in [6, 6.07) is 13.1. The van der Waals surface area contributed by atoms with Crippen LogP contribution < -0.4 is 10.5 Å². The van der Waals surface area contributed by atoms with Crippen LogP contribution in [0, 0.1) is 17.8 Å². The summed E-state index contributed by atoms with van der Waals surface area (Å²) in [6.45, 7) is 6.22. The molecule has 7 heteroatoms. The molecule has 214 valence electrons. The molecule has 2 aliphatic carbocycles. The maximum absolute atomic E-state index is 13.7. The Bertz CT molecular complexity index is 1670. The molecule has 2 saturated carbocycles. The highest BCUT2D eigenvalue weighted by molar-refractivity contribution is 6.00. The van der Waals surface area contributed by atoms with Gasteiger partial charge in [-0.15, -0.1) is 0 Å². The van der Waals surface area contributed by atoms with Crippen LogP contribution in [0.1, 0.15) is 61.9 Å². The number of nitrogens with two attached hydrogens (primary N) is 1. The van der Waals surface area contributed by atoms with E-state index < -0.39 is 0 Å². The van der Waals surface area contributed by atoms with Gasteiger partial charge in [0.25, 0.3) is 5.91 Å². The fourth-order valence-electron chi connectivity index (χ4n) is 7.06. The van der Waals surface area contributed by atoms with Crippen LogP contribution in [0.3, 0.4) is 0 Å². The van der Waals surface area contributed by atoms with E-state index >= 15 is 0 Å². The van der Waals surface area contributed by atoms with Crippen molar-refractivity contribution in [2.75, 3.05) is 13.7 Å². The van der Waals surface area contributed by atoms with Gasteiger partial charge < -0.3 is 24.5 Å². The third-order valence-electron chi connectivity index (χ3n) is 9.53. The first-order chi connectivity index (χ1) is 19.8. The molecule has 4 aromatic rings. The number of benzene rings is 2. The number of aromatic nitrogens is 3. The number of imidazole rings is 1. The predicted octanol–water partition coefficient (Wildman–Crippen LogP) is 6.23. The van der Waals surface area contributed by atoms with Crippen LogP contribution in [0.25, 0.3) is 39.5 Å². The number of carbonyl (C=O) groups excluding carboxylic acids is 1. The quantitative estimate of drug-likeness (QED) is 0.281. The molecular formula is C34H41N5O2. The van der Waals surface area contributed by atoms with E-state index in [0.29, 0.717) is 29.1 Å². The van der Waals surface area contributed by atoms with Crippen LogP contribution in [0.2, 0.25) is 0 Å². The van der Waals surface area contributed by atoms with E-state index in [2.05, 4.69) is 59.4 Å². The minimum atomic E-state index is 0.0287. The van der Waals surface area contributed by atoms with Gasteiger partial charge in [-0.3, -0.25) is 4.79 Å². The molecule has 3 aliphatic rings. The van der Waals surface area contributed by atoms with Crippen molar-refractivity contribution >= 4 is 33.9 Å². The summed E-state index contributed by atoms with van der Waals surface area (Å²) >= 11 is 0. The zero-order chi connectivity index (χ0) is 28.4. The van der Waals surface area contributed by atoms with Gasteiger partial charge in [-0.2, -0.15) is 0 Å². The lowest BCUT2D eigenvalue weighted by Gasteiger charge is -2.27. The molecule has 1 aliphatic heterocycles. The molecule has 7 rings (SSSR count). The van der Waals surface area contributed by atoms with Crippen molar-refractivity contribution in [3.63, 3.8) is 0 Å². The second kappa shape index (κ2) is 10.1. The maximum Gasteiger partial charge on any atom is 0.254 e. The second-order valence-corrected chi connectivity index (χ2v) is 12.9. The fourth-order valence-corrected chi connectivity index (χ4v) is 7.06. The minimum Gasteiger partial charge on any atom is -0.494 e. The number of rotatable bonds is 8. The summed E-state index contributed by atoms with van der Waals surface area (Å²) in [4.78, 5) is 20.8. The lowest BCUT2D eigenvalue weighted by molar-refractivity contribution is 0.0700. The van der Waals surface area contributed by atoms with Gasteiger partial charge in [0, 0.05) is 48.7 Å². The number of allylic oxidation sites excluding steroid dienone is 1. The lowest BCUT2D eigenvalue weighted by Crippen LogP contribution is -2.41. The first-order valence-electron chi connectivity index (χ1n) is 15.2. The van der Waals surface area contributed by atoms with Gasteiger partial charge in [0.1, 0.15) is 11.3 Å². The highest BCUT2D eigenvalue weighted by atomic mass is 16.5. The largest absolute Gasteiger partial charge is 0.494 e. The standard InChI is InChI=1S/C34H41N5O2/c1-20(2)6-5-7-21-10-11-23-16-29(38(28(23)14-21)18-22-8-9-22)33-36-26-15-25(17-30(41-4)32(26)37(33)3)34(40)39-19-24-12-13-27(39)31(24)35/h5,7,10-11,14-17,20,22,24,27,31H,6,8-9,12-13,18-19,35H2,1-4H3/b7-5+/t24-,27?,31?/m1/s1. The van der Waals surface area contributed by atoms with Gasteiger partial charge >= 0.3 is 0 Å². The number of aryl methyl sites for hydroxylation is 1. The van der Waals surface area contributed by atoms with E-state index in [1.807, 2.05) is 24.1 Å². The number of hydrogen-bond acceptors (Lipinski definition) is 4. The SMILES string of the molecule is COc1cc(C(=O)N2C[C@H]3CCC2C3N)cc2nc(-c3cc4ccc(/C=C/CC(C)C)cc4n3CC3CC3)n(C)c12. The summed E-state index contributed by atoms with van der Waals surface area (Å²) in [5.74, 6) is 3.35. The average molecular weight is 552 g/mol. The van der Waals surface area contributed by atoms with Crippen molar-refractivity contribution in [2.45, 2.75) is 64.6 Å². The number of fused-ring (bicyclic) bond motifs is 4. The topological polar surface area (TPSA) is 78.3 Å². The maximum atomic E-state index is 13.7. The molecule has 41 heavy (non-hydrogen) atoms. The van der Waals surface area contributed by atoms with Crippen LogP contribution in [0.5, 0.6) is 5.75 Å². The first kappa shape index (κ1) is 26.3. The number of ether oxygens (including phenoxy) is 1. The third kappa shape index (κ3) is 4.55. The summed E-state index contributed by atoms with van der Waals surface area (Å²) < 4.78 is 10.4. The molecule has 1 saturated heterocycles. The van der Waals surface area contributed by atoms with E-state index in [4.69, 9.17) is 15.5 Å². The van der Waals surface area contributed by atoms with Crippen LogP contribution in [0.4, 0.5) is 0 Å². The van der Waals surface area contributed by atoms with Gasteiger partial charge in [-0.25, -0.2) is 4.98 Å². The Morgan fingerprint density at radius 3 is 2.66 bits per heavy atom. The Morgan fingerprint density at radius 1 is 1.15 bits per heavy atom. The molecular weight excluding hydrogens is 510 g/mol. The monoisotopic (exact) mass is 551 g/mol. The van der Waals surface area contributed by atoms with E-state index in [1.165, 1.54) is 29.3 Å². The summed E-state index contributed by atoms with van der Waals surface area (Å²) in [7, 11) is 3.72. The van der Waals surface area contributed by atoms with E-state index in [-0.39, 0.29) is 18.0 Å². The molecule has 7 nitrogen and oxygen atoms in total. The normalized spacial score (nSPS) is 22.3. The Hall–Kier alpha value is -3.58. The van der Waals surface area contributed by atoms with Crippen molar-refractivity contribution in [1.29, 1.82) is 0 Å². The van der Waals surface area contributed by atoms with Gasteiger partial charge in [0.2, 0.25) is 0 Å². The average Bonchev–Trinajstić information content (AvgIpc) is 3.37. The van der Waals surface area contributed by atoms with Crippen molar-refractivity contribution in [2.24, 2.45) is 30.5 Å². The number of methoxy groups -OCH3 is 1. The number of likely N-dealkylation sites (tertiary alicyclic amines) is 1. The number of piperidine rings is 1. The summed E-state index contributed by atoms with van der Waals surface area (Å²) in [5, 5.41) is 1.22. The van der Waals surface area contributed by atoms with E-state index in [9.17, 15) is 4.79 Å². The Labute approximate surface area is 242 Å². The molecule has 2 aromatic carbocycles.